The van der Waals surface area contributed by atoms with Crippen molar-refractivity contribution in [2.45, 2.75) is 12.5 Å². The van der Waals surface area contributed by atoms with E-state index in [1.54, 1.807) is 24.5 Å². The fourth-order valence-corrected chi connectivity index (χ4v) is 2.56. The minimum atomic E-state index is 0.0473. The van der Waals surface area contributed by atoms with Crippen molar-refractivity contribution in [2.75, 3.05) is 7.05 Å². The van der Waals surface area contributed by atoms with E-state index in [0.717, 1.165) is 17.5 Å². The van der Waals surface area contributed by atoms with Gasteiger partial charge in [0.05, 0.1) is 5.02 Å². The fraction of sp³-hybridized carbons (Fsp3) is 0.214. The van der Waals surface area contributed by atoms with Crippen LogP contribution in [0, 0.1) is 0 Å². The largest absolute Gasteiger partial charge is 0.313 e. The van der Waals surface area contributed by atoms with E-state index in [2.05, 4.69) is 10.3 Å². The molecule has 0 aliphatic carbocycles. The molecule has 1 atom stereocenters. The second kappa shape index (κ2) is 6.58. The van der Waals surface area contributed by atoms with Crippen molar-refractivity contribution in [1.29, 1.82) is 0 Å². The van der Waals surface area contributed by atoms with Crippen LogP contribution in [0.5, 0.6) is 0 Å². The predicted molar refractivity (Wildman–Crippen MR) is 81.2 cm³/mol. The lowest BCUT2D eigenvalue weighted by molar-refractivity contribution is 0.592. The van der Waals surface area contributed by atoms with Crippen LogP contribution in [0.3, 0.4) is 0 Å². The highest BCUT2D eigenvalue weighted by Crippen LogP contribution is 2.29. The van der Waals surface area contributed by atoms with Crippen LogP contribution in [-0.2, 0) is 6.42 Å². The summed E-state index contributed by atoms with van der Waals surface area (Å²) in [7, 11) is 1.89. The van der Waals surface area contributed by atoms with E-state index in [4.69, 9.17) is 34.8 Å². The molecule has 2 aromatic rings. The van der Waals surface area contributed by atoms with Crippen LogP contribution in [0.15, 0.2) is 36.7 Å². The Bertz CT molecular complexity index is 572. The first-order valence-corrected chi connectivity index (χ1v) is 6.96. The highest BCUT2D eigenvalue weighted by atomic mass is 35.5. The minimum Gasteiger partial charge on any atom is -0.313 e. The summed E-state index contributed by atoms with van der Waals surface area (Å²) in [5, 5.41) is 5.25. The quantitative estimate of drug-likeness (QED) is 0.895. The number of benzene rings is 1. The molecule has 0 saturated heterocycles. The predicted octanol–water partition coefficient (Wildman–Crippen LogP) is 4.55. The van der Waals surface area contributed by atoms with Crippen LogP contribution >= 0.6 is 34.8 Å². The van der Waals surface area contributed by atoms with Gasteiger partial charge in [-0.1, -0.05) is 34.8 Å². The number of halogens is 3. The van der Waals surface area contributed by atoms with Crippen molar-refractivity contribution in [3.63, 3.8) is 0 Å². The zero-order valence-corrected chi connectivity index (χ0v) is 12.6. The van der Waals surface area contributed by atoms with Gasteiger partial charge in [0.2, 0.25) is 0 Å². The number of aromatic nitrogens is 1. The monoisotopic (exact) mass is 314 g/mol. The van der Waals surface area contributed by atoms with Gasteiger partial charge in [-0.3, -0.25) is 4.98 Å². The first-order chi connectivity index (χ1) is 9.11. The molecule has 0 saturated carbocycles. The molecule has 0 spiro atoms. The second-order valence-electron chi connectivity index (χ2n) is 4.18. The summed E-state index contributed by atoms with van der Waals surface area (Å²) < 4.78 is 0. The number of hydrogen-bond acceptors (Lipinski definition) is 2. The van der Waals surface area contributed by atoms with Crippen molar-refractivity contribution >= 4 is 34.8 Å². The maximum absolute atomic E-state index is 6.23. The van der Waals surface area contributed by atoms with E-state index in [0.29, 0.717) is 15.1 Å². The van der Waals surface area contributed by atoms with E-state index in [9.17, 15) is 0 Å². The number of pyridine rings is 1. The molecule has 1 unspecified atom stereocenters. The van der Waals surface area contributed by atoms with Crippen molar-refractivity contribution in [1.82, 2.24) is 10.3 Å². The Morgan fingerprint density at radius 1 is 1.16 bits per heavy atom. The van der Waals surface area contributed by atoms with Crippen molar-refractivity contribution in [2.24, 2.45) is 0 Å². The number of nitrogens with zero attached hydrogens (tertiary/aromatic N) is 1. The molecule has 2 nitrogen and oxygen atoms in total. The van der Waals surface area contributed by atoms with E-state index >= 15 is 0 Å². The van der Waals surface area contributed by atoms with Crippen molar-refractivity contribution in [3.05, 3.63) is 62.9 Å². The molecular formula is C14H13Cl3N2. The average molecular weight is 316 g/mol. The number of nitrogens with one attached hydrogen (secondary N) is 1. The lowest BCUT2D eigenvalue weighted by atomic mass is 9.99. The standard InChI is InChI=1S/C14H13Cl3N2/c1-18-14(6-9-4-5-19-8-13(9)17)11-7-10(15)2-3-12(11)16/h2-5,7-8,14,18H,6H2,1H3. The van der Waals surface area contributed by atoms with Gasteiger partial charge in [0.15, 0.2) is 0 Å². The summed E-state index contributed by atoms with van der Waals surface area (Å²) >= 11 is 18.4. The highest BCUT2D eigenvalue weighted by molar-refractivity contribution is 6.33. The van der Waals surface area contributed by atoms with Crippen LogP contribution < -0.4 is 5.32 Å². The van der Waals surface area contributed by atoms with Crippen LogP contribution in [0.2, 0.25) is 15.1 Å². The van der Waals surface area contributed by atoms with Gasteiger partial charge in [-0.05, 0) is 48.9 Å². The summed E-state index contributed by atoms with van der Waals surface area (Å²) in [5.41, 5.74) is 1.98. The van der Waals surface area contributed by atoms with Gasteiger partial charge in [0, 0.05) is 28.5 Å². The Labute approximate surface area is 127 Å². The van der Waals surface area contributed by atoms with E-state index in [1.165, 1.54) is 0 Å². The van der Waals surface area contributed by atoms with Gasteiger partial charge in [-0.15, -0.1) is 0 Å². The SMILES string of the molecule is CNC(Cc1ccncc1Cl)c1cc(Cl)ccc1Cl. The average Bonchev–Trinajstić information content (AvgIpc) is 2.41. The highest BCUT2D eigenvalue weighted by Gasteiger charge is 2.15. The van der Waals surface area contributed by atoms with E-state index in [1.807, 2.05) is 19.2 Å². The Morgan fingerprint density at radius 2 is 1.95 bits per heavy atom. The fourth-order valence-electron chi connectivity index (χ4n) is 1.94. The number of hydrogen-bond donors (Lipinski definition) is 1. The maximum atomic E-state index is 6.23. The third-order valence-electron chi connectivity index (χ3n) is 2.96. The summed E-state index contributed by atoms with van der Waals surface area (Å²) in [6.07, 6.45) is 4.09. The van der Waals surface area contributed by atoms with Crippen LogP contribution in [0.4, 0.5) is 0 Å². The zero-order chi connectivity index (χ0) is 13.8. The van der Waals surface area contributed by atoms with Gasteiger partial charge in [0.1, 0.15) is 0 Å². The molecule has 0 amide bonds. The number of rotatable bonds is 4. The molecule has 0 fully saturated rings. The Hall–Kier alpha value is -0.800. The van der Waals surface area contributed by atoms with Gasteiger partial charge in [-0.25, -0.2) is 0 Å². The summed E-state index contributed by atoms with van der Waals surface area (Å²) in [4.78, 5) is 3.98. The Balaban J connectivity index is 2.30. The molecule has 0 aliphatic heterocycles. The van der Waals surface area contributed by atoms with Crippen molar-refractivity contribution in [3.8, 4) is 0 Å². The molecule has 0 bridgehead atoms. The first kappa shape index (κ1) is 14.6. The molecular weight excluding hydrogens is 303 g/mol. The lowest BCUT2D eigenvalue weighted by Gasteiger charge is -2.19. The molecule has 2 rings (SSSR count). The van der Waals surface area contributed by atoms with Crippen LogP contribution in [-0.4, -0.2) is 12.0 Å². The summed E-state index contributed by atoms with van der Waals surface area (Å²) in [6, 6.07) is 7.41. The zero-order valence-electron chi connectivity index (χ0n) is 10.3. The molecule has 5 heteroatoms. The van der Waals surface area contributed by atoms with Crippen LogP contribution in [0.1, 0.15) is 17.2 Å². The van der Waals surface area contributed by atoms with E-state index < -0.39 is 0 Å². The van der Waals surface area contributed by atoms with Gasteiger partial charge in [0.25, 0.3) is 0 Å². The van der Waals surface area contributed by atoms with Gasteiger partial charge < -0.3 is 5.32 Å². The molecule has 1 aromatic heterocycles. The molecule has 0 radical (unpaired) electrons. The lowest BCUT2D eigenvalue weighted by Crippen LogP contribution is -2.19. The topological polar surface area (TPSA) is 24.9 Å². The Kier molecular flexibility index (Phi) is 5.06. The van der Waals surface area contributed by atoms with Gasteiger partial charge in [-0.2, -0.15) is 0 Å². The molecule has 19 heavy (non-hydrogen) atoms. The third-order valence-corrected chi connectivity index (χ3v) is 3.88. The Morgan fingerprint density at radius 3 is 2.63 bits per heavy atom. The smallest absolute Gasteiger partial charge is 0.0622 e. The van der Waals surface area contributed by atoms with Crippen LogP contribution in [0.25, 0.3) is 0 Å². The van der Waals surface area contributed by atoms with Crippen molar-refractivity contribution < 1.29 is 0 Å². The molecule has 1 N–H and O–H groups in total. The normalized spacial score (nSPS) is 12.4. The molecule has 1 aromatic carbocycles. The summed E-state index contributed by atoms with van der Waals surface area (Å²) in [5.74, 6) is 0. The van der Waals surface area contributed by atoms with Gasteiger partial charge >= 0.3 is 0 Å². The molecule has 0 aliphatic rings. The van der Waals surface area contributed by atoms with E-state index in [-0.39, 0.29) is 6.04 Å². The second-order valence-corrected chi connectivity index (χ2v) is 5.43. The minimum absolute atomic E-state index is 0.0473. The molecule has 100 valence electrons. The first-order valence-electron chi connectivity index (χ1n) is 5.82. The number of likely N-dealkylation sites (N-methyl/N-ethyl adjacent to an activating group) is 1. The summed E-state index contributed by atoms with van der Waals surface area (Å²) in [6.45, 7) is 0. The third kappa shape index (κ3) is 3.61. The molecule has 1 heterocycles. The maximum Gasteiger partial charge on any atom is 0.0622 e.